The van der Waals surface area contributed by atoms with Crippen LogP contribution >= 0.6 is 0 Å². The van der Waals surface area contributed by atoms with Crippen molar-refractivity contribution in [2.75, 3.05) is 13.1 Å². The van der Waals surface area contributed by atoms with E-state index in [0.717, 1.165) is 25.9 Å². The number of fused-ring (bicyclic) bond motifs is 1. The number of carbonyl (C=O) groups excluding carboxylic acids is 1. The Labute approximate surface area is 121 Å². The fourth-order valence-corrected chi connectivity index (χ4v) is 3.10. The molecule has 0 spiro atoms. The van der Waals surface area contributed by atoms with Crippen molar-refractivity contribution in [1.29, 1.82) is 0 Å². The highest BCUT2D eigenvalue weighted by Crippen LogP contribution is 2.28. The molecule has 1 aromatic heterocycles. The monoisotopic (exact) mass is 277 g/mol. The summed E-state index contributed by atoms with van der Waals surface area (Å²) in [7, 11) is 0. The second-order valence-electron chi connectivity index (χ2n) is 6.04. The molecule has 112 valence electrons. The number of hydrogen-bond acceptors (Lipinski definition) is 2. The minimum atomic E-state index is 0.190. The lowest BCUT2D eigenvalue weighted by Gasteiger charge is -2.35. The van der Waals surface area contributed by atoms with Gasteiger partial charge in [0.15, 0.2) is 0 Å². The molecule has 0 radical (unpaired) electrons. The third kappa shape index (κ3) is 3.06. The molecule has 1 aliphatic rings. The standard InChI is InChI=1S/C16H27N3O/c1-12(8-9-17)4-7-16(20)19-11-10-18-13(2)5-6-15(18)14(19)3/h5-6,12,14H,4,7-11,17H2,1-3H3. The van der Waals surface area contributed by atoms with Crippen LogP contribution in [0.3, 0.4) is 0 Å². The first-order chi connectivity index (χ1) is 9.54. The number of aryl methyl sites for hydroxylation is 1. The summed E-state index contributed by atoms with van der Waals surface area (Å²) in [5.41, 5.74) is 8.11. The van der Waals surface area contributed by atoms with Crippen molar-refractivity contribution < 1.29 is 4.79 Å². The Balaban J connectivity index is 1.95. The predicted octanol–water partition coefficient (Wildman–Crippen LogP) is 2.46. The van der Waals surface area contributed by atoms with Crippen LogP contribution in [0.15, 0.2) is 12.1 Å². The largest absolute Gasteiger partial charge is 0.345 e. The van der Waals surface area contributed by atoms with Crippen LogP contribution in [0.2, 0.25) is 0 Å². The summed E-state index contributed by atoms with van der Waals surface area (Å²) >= 11 is 0. The van der Waals surface area contributed by atoms with Gasteiger partial charge in [0.1, 0.15) is 0 Å². The second kappa shape index (κ2) is 6.44. The number of rotatable bonds is 5. The van der Waals surface area contributed by atoms with E-state index in [0.29, 0.717) is 18.9 Å². The fraction of sp³-hybridized carbons (Fsp3) is 0.688. The van der Waals surface area contributed by atoms with Gasteiger partial charge in [0, 0.05) is 30.9 Å². The summed E-state index contributed by atoms with van der Waals surface area (Å²) in [6, 6.07) is 4.48. The zero-order valence-corrected chi connectivity index (χ0v) is 12.9. The zero-order chi connectivity index (χ0) is 14.7. The normalized spacial score (nSPS) is 19.8. The van der Waals surface area contributed by atoms with Gasteiger partial charge in [0.2, 0.25) is 5.91 Å². The smallest absolute Gasteiger partial charge is 0.223 e. The van der Waals surface area contributed by atoms with Crippen molar-refractivity contribution in [3.8, 4) is 0 Å². The van der Waals surface area contributed by atoms with E-state index >= 15 is 0 Å². The van der Waals surface area contributed by atoms with Crippen LogP contribution in [0.1, 0.15) is 50.5 Å². The first-order valence-corrected chi connectivity index (χ1v) is 7.70. The minimum Gasteiger partial charge on any atom is -0.345 e. The van der Waals surface area contributed by atoms with Gasteiger partial charge in [-0.1, -0.05) is 6.92 Å². The summed E-state index contributed by atoms with van der Waals surface area (Å²) in [6.07, 6.45) is 2.59. The number of carbonyl (C=O) groups is 1. The second-order valence-corrected chi connectivity index (χ2v) is 6.04. The Morgan fingerprint density at radius 1 is 1.40 bits per heavy atom. The highest BCUT2D eigenvalue weighted by Gasteiger charge is 2.28. The molecule has 1 aliphatic heterocycles. The molecule has 1 amide bonds. The van der Waals surface area contributed by atoms with E-state index in [1.807, 2.05) is 4.90 Å². The Morgan fingerprint density at radius 2 is 2.15 bits per heavy atom. The SMILES string of the molecule is Cc1ccc2n1CCN(C(=O)CCC(C)CCN)C2C. The highest BCUT2D eigenvalue weighted by molar-refractivity contribution is 5.76. The van der Waals surface area contributed by atoms with Gasteiger partial charge >= 0.3 is 0 Å². The van der Waals surface area contributed by atoms with Crippen LogP contribution in [-0.2, 0) is 11.3 Å². The van der Waals surface area contributed by atoms with E-state index in [1.165, 1.54) is 11.4 Å². The van der Waals surface area contributed by atoms with E-state index < -0.39 is 0 Å². The van der Waals surface area contributed by atoms with Gasteiger partial charge in [-0.3, -0.25) is 4.79 Å². The van der Waals surface area contributed by atoms with Gasteiger partial charge in [-0.2, -0.15) is 0 Å². The zero-order valence-electron chi connectivity index (χ0n) is 12.9. The van der Waals surface area contributed by atoms with E-state index in [-0.39, 0.29) is 11.9 Å². The summed E-state index contributed by atoms with van der Waals surface area (Å²) in [5, 5.41) is 0. The van der Waals surface area contributed by atoms with Crippen LogP contribution in [0.25, 0.3) is 0 Å². The lowest BCUT2D eigenvalue weighted by Crippen LogP contribution is -2.41. The van der Waals surface area contributed by atoms with Crippen LogP contribution in [0.5, 0.6) is 0 Å². The predicted molar refractivity (Wildman–Crippen MR) is 81.4 cm³/mol. The molecule has 0 bridgehead atoms. The van der Waals surface area contributed by atoms with E-state index in [1.54, 1.807) is 0 Å². The number of aromatic nitrogens is 1. The number of hydrogen-bond donors (Lipinski definition) is 1. The summed E-state index contributed by atoms with van der Waals surface area (Å²) in [4.78, 5) is 14.5. The van der Waals surface area contributed by atoms with E-state index in [2.05, 4.69) is 37.5 Å². The average molecular weight is 277 g/mol. The third-order valence-electron chi connectivity index (χ3n) is 4.52. The van der Waals surface area contributed by atoms with Crippen LogP contribution in [0.4, 0.5) is 0 Å². The molecule has 2 atom stereocenters. The van der Waals surface area contributed by atoms with Crippen LogP contribution < -0.4 is 5.73 Å². The average Bonchev–Trinajstić information content (AvgIpc) is 2.79. The topological polar surface area (TPSA) is 51.3 Å². The third-order valence-corrected chi connectivity index (χ3v) is 4.52. The maximum Gasteiger partial charge on any atom is 0.223 e. The molecule has 2 rings (SSSR count). The van der Waals surface area contributed by atoms with E-state index in [4.69, 9.17) is 5.73 Å². The van der Waals surface area contributed by atoms with Gasteiger partial charge in [-0.15, -0.1) is 0 Å². The lowest BCUT2D eigenvalue weighted by atomic mass is 10.0. The molecule has 2 N–H and O–H groups in total. The molecular formula is C16H27N3O. The maximum absolute atomic E-state index is 12.4. The fourth-order valence-electron chi connectivity index (χ4n) is 3.10. The molecule has 0 aromatic carbocycles. The molecule has 0 saturated carbocycles. The van der Waals surface area contributed by atoms with Crippen molar-refractivity contribution in [2.45, 2.75) is 52.6 Å². The van der Waals surface area contributed by atoms with Crippen molar-refractivity contribution in [3.63, 3.8) is 0 Å². The van der Waals surface area contributed by atoms with Gasteiger partial charge in [0.05, 0.1) is 6.04 Å². The molecule has 4 heteroatoms. The van der Waals surface area contributed by atoms with Gasteiger partial charge in [-0.05, 0) is 51.3 Å². The molecule has 2 unspecified atom stereocenters. The minimum absolute atomic E-state index is 0.190. The van der Waals surface area contributed by atoms with Crippen molar-refractivity contribution in [3.05, 3.63) is 23.5 Å². The van der Waals surface area contributed by atoms with E-state index in [9.17, 15) is 4.79 Å². The van der Waals surface area contributed by atoms with Crippen LogP contribution in [-0.4, -0.2) is 28.5 Å². The first-order valence-electron chi connectivity index (χ1n) is 7.70. The number of nitrogens with zero attached hydrogens (tertiary/aromatic N) is 2. The lowest BCUT2D eigenvalue weighted by molar-refractivity contribution is -0.134. The Morgan fingerprint density at radius 3 is 2.85 bits per heavy atom. The highest BCUT2D eigenvalue weighted by atomic mass is 16.2. The van der Waals surface area contributed by atoms with Crippen molar-refractivity contribution >= 4 is 5.91 Å². The molecule has 0 saturated heterocycles. The molecule has 0 fully saturated rings. The molecular weight excluding hydrogens is 250 g/mol. The summed E-state index contributed by atoms with van der Waals surface area (Å²) in [6.45, 7) is 8.89. The molecule has 20 heavy (non-hydrogen) atoms. The van der Waals surface area contributed by atoms with Crippen molar-refractivity contribution in [1.82, 2.24) is 9.47 Å². The Bertz CT molecular complexity index is 466. The molecule has 1 aromatic rings. The molecule has 4 nitrogen and oxygen atoms in total. The van der Waals surface area contributed by atoms with Crippen LogP contribution in [0, 0.1) is 12.8 Å². The first kappa shape index (κ1) is 15.1. The molecule has 0 aliphatic carbocycles. The Kier molecular flexibility index (Phi) is 4.86. The Hall–Kier alpha value is -1.29. The van der Waals surface area contributed by atoms with Gasteiger partial charge in [0.25, 0.3) is 0 Å². The number of amides is 1. The summed E-state index contributed by atoms with van der Waals surface area (Å²) in [5.74, 6) is 0.821. The quantitative estimate of drug-likeness (QED) is 0.899. The van der Waals surface area contributed by atoms with Gasteiger partial charge in [-0.25, -0.2) is 0 Å². The maximum atomic E-state index is 12.4. The number of nitrogens with two attached hydrogens (primary N) is 1. The summed E-state index contributed by atoms with van der Waals surface area (Å²) < 4.78 is 2.32. The molecule has 2 heterocycles. The van der Waals surface area contributed by atoms with Crippen molar-refractivity contribution in [2.24, 2.45) is 11.7 Å². The van der Waals surface area contributed by atoms with Gasteiger partial charge < -0.3 is 15.2 Å².